The summed E-state index contributed by atoms with van der Waals surface area (Å²) in [5.41, 5.74) is 4.11. The van der Waals surface area contributed by atoms with E-state index in [0.717, 1.165) is 19.3 Å². The lowest BCUT2D eigenvalue weighted by Crippen LogP contribution is -2.49. The van der Waals surface area contributed by atoms with Gasteiger partial charge in [0.1, 0.15) is 6.61 Å². The second-order valence-corrected chi connectivity index (χ2v) is 10.3. The molecule has 1 saturated carbocycles. The zero-order chi connectivity index (χ0) is 25.0. The molecule has 3 N–H and O–H groups in total. The summed E-state index contributed by atoms with van der Waals surface area (Å²) >= 11 is 0. The molecule has 2 unspecified atom stereocenters. The van der Waals surface area contributed by atoms with Crippen LogP contribution in [0.2, 0.25) is 0 Å². The summed E-state index contributed by atoms with van der Waals surface area (Å²) in [6, 6.07) is 16.3. The van der Waals surface area contributed by atoms with Crippen LogP contribution in [0.15, 0.2) is 48.5 Å². The largest absolute Gasteiger partial charge is 0.481 e. The second kappa shape index (κ2) is 10.5. The Hall–Kier alpha value is -3.35. The number of carbonyl (C=O) groups excluding carboxylic acids is 2. The smallest absolute Gasteiger partial charge is 0.407 e. The van der Waals surface area contributed by atoms with Gasteiger partial charge >= 0.3 is 12.1 Å². The summed E-state index contributed by atoms with van der Waals surface area (Å²) in [5.74, 6) is -1.17. The van der Waals surface area contributed by atoms with Gasteiger partial charge in [-0.15, -0.1) is 0 Å². The minimum atomic E-state index is -0.877. The van der Waals surface area contributed by atoms with E-state index in [-0.39, 0.29) is 36.8 Å². The minimum Gasteiger partial charge on any atom is -0.481 e. The fraction of sp³-hybridized carbons (Fsp3) is 0.464. The molecule has 0 radical (unpaired) electrons. The Morgan fingerprint density at radius 2 is 1.63 bits per heavy atom. The number of aliphatic carboxylic acids is 1. The third-order valence-corrected chi connectivity index (χ3v) is 7.14. The summed E-state index contributed by atoms with van der Waals surface area (Å²) < 4.78 is 5.67. The number of benzene rings is 2. The van der Waals surface area contributed by atoms with Crippen LogP contribution < -0.4 is 10.6 Å². The SMILES string of the molecule is CC(C)(CCC(=O)O)NC(=O)C1CCCC(NC(=O)OCC2c3ccccc3-c3ccccc32)C1. The van der Waals surface area contributed by atoms with Gasteiger partial charge < -0.3 is 20.5 Å². The van der Waals surface area contributed by atoms with Crippen molar-refractivity contribution in [2.75, 3.05) is 6.61 Å². The number of hydrogen-bond donors (Lipinski definition) is 3. The molecule has 2 atom stereocenters. The Morgan fingerprint density at radius 1 is 1.00 bits per heavy atom. The molecule has 35 heavy (non-hydrogen) atoms. The molecule has 0 aromatic heterocycles. The lowest BCUT2D eigenvalue weighted by atomic mass is 9.84. The second-order valence-electron chi connectivity index (χ2n) is 10.3. The van der Waals surface area contributed by atoms with Crippen LogP contribution in [0.1, 0.15) is 69.4 Å². The lowest BCUT2D eigenvalue weighted by molar-refractivity contribution is -0.138. The third kappa shape index (κ3) is 6.02. The van der Waals surface area contributed by atoms with Crippen LogP contribution >= 0.6 is 0 Å². The molecule has 0 aliphatic heterocycles. The van der Waals surface area contributed by atoms with Gasteiger partial charge in [0.05, 0.1) is 0 Å². The molecule has 2 amide bonds. The van der Waals surface area contributed by atoms with Crippen LogP contribution in [0.25, 0.3) is 11.1 Å². The third-order valence-electron chi connectivity index (χ3n) is 7.14. The first-order chi connectivity index (χ1) is 16.7. The van der Waals surface area contributed by atoms with Crippen molar-refractivity contribution in [2.24, 2.45) is 5.92 Å². The van der Waals surface area contributed by atoms with E-state index in [1.54, 1.807) is 0 Å². The van der Waals surface area contributed by atoms with Crippen LogP contribution in [-0.2, 0) is 14.3 Å². The minimum absolute atomic E-state index is 0.00388. The first-order valence-electron chi connectivity index (χ1n) is 12.4. The predicted molar refractivity (Wildman–Crippen MR) is 133 cm³/mol. The van der Waals surface area contributed by atoms with Crippen molar-refractivity contribution < 1.29 is 24.2 Å². The highest BCUT2D eigenvalue weighted by atomic mass is 16.5. The molecular formula is C28H34N2O5. The van der Waals surface area contributed by atoms with Crippen LogP contribution in [0.3, 0.4) is 0 Å². The fourth-order valence-electron chi connectivity index (χ4n) is 5.28. The lowest BCUT2D eigenvalue weighted by Gasteiger charge is -2.32. The van der Waals surface area contributed by atoms with Crippen LogP contribution in [0, 0.1) is 5.92 Å². The number of alkyl carbamates (subject to hydrolysis) is 1. The van der Waals surface area contributed by atoms with Crippen molar-refractivity contribution >= 4 is 18.0 Å². The summed E-state index contributed by atoms with van der Waals surface area (Å²) in [6.07, 6.45) is 2.85. The van der Waals surface area contributed by atoms with Crippen molar-refractivity contribution in [2.45, 2.75) is 69.9 Å². The van der Waals surface area contributed by atoms with Gasteiger partial charge in [-0.25, -0.2) is 4.79 Å². The molecule has 4 rings (SSSR count). The molecule has 1 fully saturated rings. The molecular weight excluding hydrogens is 444 g/mol. The van der Waals surface area contributed by atoms with Crippen LogP contribution in [0.4, 0.5) is 4.79 Å². The molecule has 0 saturated heterocycles. The predicted octanol–water partition coefficient (Wildman–Crippen LogP) is 4.84. The molecule has 2 aromatic rings. The number of amides is 2. The quantitative estimate of drug-likeness (QED) is 0.503. The van der Waals surface area contributed by atoms with Gasteiger partial charge in [0.15, 0.2) is 0 Å². The number of carboxylic acids is 1. The molecule has 7 nitrogen and oxygen atoms in total. The van der Waals surface area contributed by atoms with E-state index >= 15 is 0 Å². The van der Waals surface area contributed by atoms with Gasteiger partial charge in [0, 0.05) is 29.8 Å². The van der Waals surface area contributed by atoms with Gasteiger partial charge in [0.25, 0.3) is 0 Å². The first-order valence-corrected chi connectivity index (χ1v) is 12.4. The summed E-state index contributed by atoms with van der Waals surface area (Å²) in [6.45, 7) is 3.93. The van der Waals surface area contributed by atoms with Gasteiger partial charge in [-0.3, -0.25) is 9.59 Å². The van der Waals surface area contributed by atoms with E-state index in [1.165, 1.54) is 22.3 Å². The van der Waals surface area contributed by atoms with E-state index in [9.17, 15) is 14.4 Å². The summed E-state index contributed by atoms with van der Waals surface area (Å²) in [7, 11) is 0. The highest BCUT2D eigenvalue weighted by molar-refractivity contribution is 5.80. The number of ether oxygens (including phenoxy) is 1. The molecule has 7 heteroatoms. The average molecular weight is 479 g/mol. The number of fused-ring (bicyclic) bond motifs is 3. The van der Waals surface area contributed by atoms with E-state index in [2.05, 4.69) is 34.9 Å². The molecule has 2 aromatic carbocycles. The number of rotatable bonds is 8. The van der Waals surface area contributed by atoms with Gasteiger partial charge in [-0.1, -0.05) is 55.0 Å². The standard InChI is InChI=1S/C28H34N2O5/c1-28(2,15-14-25(31)32)30-26(33)18-8-7-9-19(16-18)29-27(34)35-17-24-22-12-5-3-10-20(22)21-11-4-6-13-23(21)24/h3-6,10-13,18-19,24H,7-9,14-17H2,1-2H3,(H,29,34)(H,30,33)(H,31,32). The molecule has 186 valence electrons. The Labute approximate surface area is 206 Å². The highest BCUT2D eigenvalue weighted by Crippen LogP contribution is 2.44. The Balaban J connectivity index is 1.30. The Kier molecular flexibility index (Phi) is 7.43. The van der Waals surface area contributed by atoms with Gasteiger partial charge in [0.2, 0.25) is 5.91 Å². The molecule has 0 heterocycles. The van der Waals surface area contributed by atoms with Crippen molar-refractivity contribution in [3.63, 3.8) is 0 Å². The monoisotopic (exact) mass is 478 g/mol. The topological polar surface area (TPSA) is 105 Å². The van der Waals surface area contributed by atoms with E-state index in [4.69, 9.17) is 9.84 Å². The van der Waals surface area contributed by atoms with Crippen LogP contribution in [0.5, 0.6) is 0 Å². The molecule has 0 bridgehead atoms. The zero-order valence-corrected chi connectivity index (χ0v) is 20.4. The maximum absolute atomic E-state index is 12.8. The van der Waals surface area contributed by atoms with Crippen molar-refractivity contribution in [3.05, 3.63) is 59.7 Å². The van der Waals surface area contributed by atoms with Gasteiger partial charge in [-0.2, -0.15) is 0 Å². The van der Waals surface area contributed by atoms with Crippen molar-refractivity contribution in [1.29, 1.82) is 0 Å². The van der Waals surface area contributed by atoms with E-state index in [0.29, 0.717) is 12.8 Å². The fourth-order valence-corrected chi connectivity index (χ4v) is 5.28. The maximum atomic E-state index is 12.8. The zero-order valence-electron chi connectivity index (χ0n) is 20.4. The summed E-state index contributed by atoms with van der Waals surface area (Å²) in [4.78, 5) is 36.4. The van der Waals surface area contributed by atoms with Crippen LogP contribution in [-0.4, -0.2) is 41.3 Å². The maximum Gasteiger partial charge on any atom is 0.407 e. The highest BCUT2D eigenvalue weighted by Gasteiger charge is 2.32. The number of nitrogens with one attached hydrogen (secondary N) is 2. The average Bonchev–Trinajstić information content (AvgIpc) is 3.15. The Morgan fingerprint density at radius 3 is 2.26 bits per heavy atom. The molecule has 2 aliphatic carbocycles. The van der Waals surface area contributed by atoms with E-state index in [1.807, 2.05) is 38.1 Å². The number of carbonyl (C=O) groups is 3. The first kappa shape index (κ1) is 24.8. The Bertz CT molecular complexity index is 1050. The number of hydrogen-bond acceptors (Lipinski definition) is 4. The number of carboxylic acid groups (broad SMARTS) is 1. The summed E-state index contributed by atoms with van der Waals surface area (Å²) in [5, 5.41) is 14.9. The molecule has 0 spiro atoms. The normalized spacial score (nSPS) is 19.4. The molecule has 2 aliphatic rings. The van der Waals surface area contributed by atoms with Gasteiger partial charge in [-0.05, 0) is 61.8 Å². The van der Waals surface area contributed by atoms with E-state index < -0.39 is 17.6 Å². The van der Waals surface area contributed by atoms with Crippen molar-refractivity contribution in [3.8, 4) is 11.1 Å². The van der Waals surface area contributed by atoms with Crippen molar-refractivity contribution in [1.82, 2.24) is 10.6 Å².